The molecule has 4 nitrogen and oxygen atoms in total. The molecule has 1 aromatic rings. The Morgan fingerprint density at radius 2 is 1.92 bits per heavy atom. The van der Waals surface area contributed by atoms with Gasteiger partial charge in [0.05, 0.1) is 7.11 Å². The number of carboxylic acid groups (broad SMARTS) is 1. The van der Waals surface area contributed by atoms with Gasteiger partial charge in [-0.05, 0) is 12.1 Å². The van der Waals surface area contributed by atoms with Crippen LogP contribution in [0.15, 0.2) is 24.3 Å². The predicted molar refractivity (Wildman–Crippen MR) is 48.5 cm³/mol. The highest BCUT2D eigenvalue weighted by molar-refractivity contribution is 6.60. The van der Waals surface area contributed by atoms with Gasteiger partial charge in [0.2, 0.25) is 0 Å². The Kier molecular flexibility index (Phi) is 5.47. The average Bonchev–Trinajstić information content (AvgIpc) is 2.04. The Balaban J connectivity index is 0.000000310. The summed E-state index contributed by atoms with van der Waals surface area (Å²) in [5.74, 6) is 0.692. The van der Waals surface area contributed by atoms with E-state index in [4.69, 9.17) is 19.7 Å². The van der Waals surface area contributed by atoms with Gasteiger partial charge in [0, 0.05) is 11.6 Å². The van der Waals surface area contributed by atoms with E-state index in [1.165, 1.54) is 7.11 Å². The fourth-order valence-corrected chi connectivity index (χ4v) is 0.630. The van der Waals surface area contributed by atoms with Crippen molar-refractivity contribution in [3.05, 3.63) is 24.3 Å². The van der Waals surface area contributed by atoms with E-state index in [1.54, 1.807) is 24.3 Å². The number of halogens is 1. The first kappa shape index (κ1) is 11.6. The molecule has 72 valence electrons. The van der Waals surface area contributed by atoms with Crippen molar-refractivity contribution < 1.29 is 19.7 Å². The molecule has 0 atom stereocenters. The molecule has 5 heteroatoms. The van der Waals surface area contributed by atoms with Gasteiger partial charge in [0.1, 0.15) is 0 Å². The summed E-state index contributed by atoms with van der Waals surface area (Å²) in [6, 6.07) is 6.84. The van der Waals surface area contributed by atoms with Crippen LogP contribution in [0, 0.1) is 0 Å². The maximum atomic E-state index is 8.99. The third-order valence-electron chi connectivity index (χ3n) is 1.09. The minimum atomic E-state index is -1.36. The molecule has 0 spiro atoms. The number of phenolic OH excluding ortho intramolecular Hbond substituents is 1. The standard InChI is InChI=1S/C7H8O2.CHClO2/c1-9-7-5-3-2-4-6(7)8;2-1(3)4/h2-5,8H,1H3;(H,3,4). The van der Waals surface area contributed by atoms with E-state index in [2.05, 4.69) is 11.6 Å². The first-order valence-corrected chi connectivity index (χ1v) is 3.66. The lowest BCUT2D eigenvalue weighted by atomic mass is 10.3. The van der Waals surface area contributed by atoms with Gasteiger partial charge in [-0.25, -0.2) is 4.79 Å². The maximum Gasteiger partial charge on any atom is 0.401 e. The summed E-state index contributed by atoms with van der Waals surface area (Å²) in [6.45, 7) is 0. The topological polar surface area (TPSA) is 66.8 Å². The molecular formula is C8H9ClO4. The van der Waals surface area contributed by atoms with Crippen LogP contribution in [0.1, 0.15) is 0 Å². The van der Waals surface area contributed by atoms with E-state index in [-0.39, 0.29) is 5.75 Å². The fraction of sp³-hybridized carbons (Fsp3) is 0.125. The van der Waals surface area contributed by atoms with E-state index in [0.717, 1.165) is 0 Å². The minimum absolute atomic E-state index is 0.181. The smallest absolute Gasteiger partial charge is 0.401 e. The molecule has 0 saturated heterocycles. The van der Waals surface area contributed by atoms with Crippen LogP contribution in [-0.2, 0) is 0 Å². The van der Waals surface area contributed by atoms with Gasteiger partial charge < -0.3 is 14.9 Å². The Hall–Kier alpha value is -1.42. The summed E-state index contributed by atoms with van der Waals surface area (Å²) >= 11 is 4.19. The van der Waals surface area contributed by atoms with E-state index >= 15 is 0 Å². The Morgan fingerprint density at radius 1 is 1.46 bits per heavy atom. The third-order valence-corrected chi connectivity index (χ3v) is 1.09. The van der Waals surface area contributed by atoms with Crippen molar-refractivity contribution in [2.24, 2.45) is 0 Å². The number of hydrogen-bond acceptors (Lipinski definition) is 3. The fourth-order valence-electron chi connectivity index (χ4n) is 0.630. The number of ether oxygens (including phenoxy) is 1. The summed E-state index contributed by atoms with van der Waals surface area (Å²) in [4.78, 5) is 8.77. The molecule has 0 aliphatic heterocycles. The molecule has 0 heterocycles. The van der Waals surface area contributed by atoms with E-state index in [1.807, 2.05) is 0 Å². The number of phenols is 1. The van der Waals surface area contributed by atoms with Crippen molar-refractivity contribution in [1.82, 2.24) is 0 Å². The van der Waals surface area contributed by atoms with Crippen LogP contribution in [0.5, 0.6) is 11.5 Å². The zero-order chi connectivity index (χ0) is 10.3. The highest BCUT2D eigenvalue weighted by Crippen LogP contribution is 2.22. The van der Waals surface area contributed by atoms with Crippen LogP contribution in [-0.4, -0.2) is 22.8 Å². The van der Waals surface area contributed by atoms with Crippen LogP contribution in [0.25, 0.3) is 0 Å². The number of carbonyl (C=O) groups is 1. The molecule has 0 bridgehead atoms. The Morgan fingerprint density at radius 3 is 2.23 bits per heavy atom. The quantitative estimate of drug-likeness (QED) is 0.689. The predicted octanol–water partition coefficient (Wildman–Crippen LogP) is 2.30. The number of para-hydroxylation sites is 2. The summed E-state index contributed by atoms with van der Waals surface area (Å²) in [7, 11) is 1.52. The molecule has 0 aromatic heterocycles. The average molecular weight is 205 g/mol. The summed E-state index contributed by atoms with van der Waals surface area (Å²) in [6.07, 6.45) is 0. The van der Waals surface area contributed by atoms with Crippen molar-refractivity contribution >= 4 is 17.0 Å². The second-order valence-corrected chi connectivity index (χ2v) is 2.25. The zero-order valence-electron chi connectivity index (χ0n) is 6.90. The molecule has 0 saturated carbocycles. The molecule has 13 heavy (non-hydrogen) atoms. The van der Waals surface area contributed by atoms with Crippen LogP contribution >= 0.6 is 11.6 Å². The van der Waals surface area contributed by atoms with E-state index in [9.17, 15) is 0 Å². The molecule has 0 aliphatic rings. The SMILES string of the molecule is COc1ccccc1O.O=C(O)Cl. The van der Waals surface area contributed by atoms with Gasteiger partial charge in [0.15, 0.2) is 11.5 Å². The third kappa shape index (κ3) is 5.81. The molecule has 0 amide bonds. The first-order valence-electron chi connectivity index (χ1n) is 3.28. The maximum absolute atomic E-state index is 8.99. The van der Waals surface area contributed by atoms with Gasteiger partial charge in [-0.2, -0.15) is 0 Å². The summed E-state index contributed by atoms with van der Waals surface area (Å²) < 4.78 is 4.79. The molecule has 1 rings (SSSR count). The molecule has 0 unspecified atom stereocenters. The van der Waals surface area contributed by atoms with Crippen LogP contribution < -0.4 is 4.74 Å². The van der Waals surface area contributed by atoms with Crippen LogP contribution in [0.2, 0.25) is 0 Å². The lowest BCUT2D eigenvalue weighted by molar-refractivity contribution is 0.220. The minimum Gasteiger partial charge on any atom is -0.504 e. The van der Waals surface area contributed by atoms with E-state index < -0.39 is 5.43 Å². The van der Waals surface area contributed by atoms with Gasteiger partial charge in [-0.15, -0.1) is 0 Å². The monoisotopic (exact) mass is 204 g/mol. The van der Waals surface area contributed by atoms with Gasteiger partial charge in [-0.1, -0.05) is 12.1 Å². The second kappa shape index (κ2) is 6.14. The Labute approximate surface area is 80.3 Å². The molecular weight excluding hydrogens is 196 g/mol. The van der Waals surface area contributed by atoms with Crippen LogP contribution in [0.4, 0.5) is 4.79 Å². The van der Waals surface area contributed by atoms with Crippen LogP contribution in [0.3, 0.4) is 0 Å². The second-order valence-electron chi connectivity index (χ2n) is 1.92. The lowest BCUT2D eigenvalue weighted by Crippen LogP contribution is -1.80. The zero-order valence-corrected chi connectivity index (χ0v) is 7.65. The molecule has 2 N–H and O–H groups in total. The number of rotatable bonds is 1. The van der Waals surface area contributed by atoms with Crippen molar-refractivity contribution in [2.75, 3.05) is 7.11 Å². The summed E-state index contributed by atoms with van der Waals surface area (Å²) in [5.41, 5.74) is -1.36. The van der Waals surface area contributed by atoms with Gasteiger partial charge >= 0.3 is 5.43 Å². The van der Waals surface area contributed by atoms with Crippen molar-refractivity contribution in [1.29, 1.82) is 0 Å². The van der Waals surface area contributed by atoms with Gasteiger partial charge in [-0.3, -0.25) is 0 Å². The highest BCUT2D eigenvalue weighted by Gasteiger charge is 1.94. The molecule has 1 aromatic carbocycles. The van der Waals surface area contributed by atoms with Crippen molar-refractivity contribution in [3.8, 4) is 11.5 Å². The molecule has 0 aliphatic carbocycles. The number of hydrogen-bond donors (Lipinski definition) is 2. The molecule has 0 radical (unpaired) electrons. The lowest BCUT2D eigenvalue weighted by Gasteiger charge is -1.99. The highest BCUT2D eigenvalue weighted by atomic mass is 35.5. The first-order chi connectivity index (χ1) is 6.07. The number of methoxy groups -OCH3 is 1. The Bertz CT molecular complexity index is 271. The van der Waals surface area contributed by atoms with Crippen molar-refractivity contribution in [3.63, 3.8) is 0 Å². The largest absolute Gasteiger partial charge is 0.504 e. The summed E-state index contributed by atoms with van der Waals surface area (Å²) in [5, 5.41) is 16.2. The van der Waals surface area contributed by atoms with Gasteiger partial charge in [0.25, 0.3) is 0 Å². The van der Waals surface area contributed by atoms with Crippen molar-refractivity contribution in [2.45, 2.75) is 0 Å². The molecule has 0 fully saturated rings. The number of benzene rings is 1. The number of aromatic hydroxyl groups is 1. The normalized spacial score (nSPS) is 8.15. The van der Waals surface area contributed by atoms with E-state index in [0.29, 0.717) is 5.75 Å².